The molecule has 1 atom stereocenters. The van der Waals surface area contributed by atoms with E-state index in [2.05, 4.69) is 0 Å². The highest BCUT2D eigenvalue weighted by molar-refractivity contribution is 6.11. The number of aliphatic hydroxyl groups is 1. The molecule has 5 nitrogen and oxygen atoms in total. The fourth-order valence-corrected chi connectivity index (χ4v) is 3.75. The first-order valence-electron chi connectivity index (χ1n) is 9.67. The predicted octanol–water partition coefficient (Wildman–Crippen LogP) is 3.91. The van der Waals surface area contributed by atoms with Gasteiger partial charge in [-0.3, -0.25) is 9.59 Å². The number of carbonyl (C=O) groups is 2. The number of aromatic hydroxyl groups is 1. The summed E-state index contributed by atoms with van der Waals surface area (Å²) in [5.74, 6) is -1.22. The fourth-order valence-electron chi connectivity index (χ4n) is 3.75. The van der Waals surface area contributed by atoms with Crippen LogP contribution in [-0.2, 0) is 10.4 Å². The van der Waals surface area contributed by atoms with Crippen molar-refractivity contribution in [1.29, 1.82) is 0 Å². The largest absolute Gasteiger partial charge is 0.507 e. The van der Waals surface area contributed by atoms with Crippen molar-refractivity contribution in [3.05, 3.63) is 102 Å². The van der Waals surface area contributed by atoms with Gasteiger partial charge in [0.25, 0.3) is 5.91 Å². The number of phenols is 1. The zero-order valence-corrected chi connectivity index (χ0v) is 16.2. The van der Waals surface area contributed by atoms with E-state index in [1.807, 2.05) is 42.5 Å². The Hall–Kier alpha value is -3.70. The monoisotopic (exact) mass is 399 g/mol. The normalized spacial score (nSPS) is 18.0. The number of hydrogen-bond donors (Lipinski definition) is 2. The van der Waals surface area contributed by atoms with Gasteiger partial charge in [0.1, 0.15) is 5.75 Å². The van der Waals surface area contributed by atoms with Crippen molar-refractivity contribution in [2.75, 3.05) is 11.4 Å². The average Bonchev–Trinajstić information content (AvgIpc) is 2.97. The fraction of sp³-hybridized carbons (Fsp3) is 0.120. The quantitative estimate of drug-likeness (QED) is 0.616. The number of hydrogen-bond acceptors (Lipinski definition) is 4. The average molecular weight is 399 g/mol. The van der Waals surface area contributed by atoms with Crippen LogP contribution in [0.25, 0.3) is 6.08 Å². The molecule has 150 valence electrons. The van der Waals surface area contributed by atoms with Crippen LogP contribution in [0.5, 0.6) is 5.75 Å². The lowest BCUT2D eigenvalue weighted by Crippen LogP contribution is -2.42. The minimum atomic E-state index is -1.98. The van der Waals surface area contributed by atoms with Crippen molar-refractivity contribution in [3.8, 4) is 5.75 Å². The van der Waals surface area contributed by atoms with Gasteiger partial charge in [-0.25, -0.2) is 0 Å². The van der Waals surface area contributed by atoms with Gasteiger partial charge in [-0.2, -0.15) is 0 Å². The maximum Gasteiger partial charge on any atom is 0.264 e. The van der Waals surface area contributed by atoms with Crippen molar-refractivity contribution < 1.29 is 19.8 Å². The molecule has 1 amide bonds. The molecule has 30 heavy (non-hydrogen) atoms. The highest BCUT2D eigenvalue weighted by atomic mass is 16.3. The number of phenolic OH excluding ortho intramolecular Hbond substituents is 1. The lowest BCUT2D eigenvalue weighted by Gasteiger charge is -2.22. The van der Waals surface area contributed by atoms with Crippen molar-refractivity contribution in [2.45, 2.75) is 12.0 Å². The van der Waals surface area contributed by atoms with E-state index >= 15 is 0 Å². The molecule has 0 spiro atoms. The van der Waals surface area contributed by atoms with E-state index in [0.29, 0.717) is 11.3 Å². The second-order valence-electron chi connectivity index (χ2n) is 7.22. The number of ketones is 1. The Labute approximate surface area is 174 Å². The Bertz CT molecular complexity index is 1120. The van der Waals surface area contributed by atoms with Gasteiger partial charge < -0.3 is 15.1 Å². The van der Waals surface area contributed by atoms with Gasteiger partial charge in [0.05, 0.1) is 17.7 Å². The summed E-state index contributed by atoms with van der Waals surface area (Å²) in [6, 6.07) is 22.8. The lowest BCUT2D eigenvalue weighted by molar-refractivity contribution is -0.135. The van der Waals surface area contributed by atoms with Crippen LogP contribution in [0.2, 0.25) is 0 Å². The molecule has 1 heterocycles. The van der Waals surface area contributed by atoms with Crippen molar-refractivity contribution >= 4 is 23.5 Å². The zero-order chi connectivity index (χ0) is 21.1. The molecule has 3 aromatic carbocycles. The number of para-hydroxylation sites is 2. The third-order valence-corrected chi connectivity index (χ3v) is 5.26. The van der Waals surface area contributed by atoms with Gasteiger partial charge in [0.2, 0.25) is 0 Å². The number of fused-ring (bicyclic) bond motifs is 1. The third kappa shape index (κ3) is 3.51. The van der Waals surface area contributed by atoms with Crippen LogP contribution in [0.3, 0.4) is 0 Å². The first kappa shape index (κ1) is 19.6. The van der Waals surface area contributed by atoms with Crippen LogP contribution in [0.15, 0.2) is 84.9 Å². The molecular formula is C25H21NO4. The first-order chi connectivity index (χ1) is 14.5. The van der Waals surface area contributed by atoms with Crippen LogP contribution in [0, 0.1) is 0 Å². The van der Waals surface area contributed by atoms with Crippen molar-refractivity contribution in [2.24, 2.45) is 0 Å². The second kappa shape index (κ2) is 7.97. The summed E-state index contributed by atoms with van der Waals surface area (Å²) >= 11 is 0. The molecular weight excluding hydrogens is 378 g/mol. The summed E-state index contributed by atoms with van der Waals surface area (Å²) in [6.07, 6.45) is 3.31. The summed E-state index contributed by atoms with van der Waals surface area (Å²) in [7, 11) is 0. The third-order valence-electron chi connectivity index (χ3n) is 5.26. The minimum Gasteiger partial charge on any atom is -0.507 e. The zero-order valence-electron chi connectivity index (χ0n) is 16.2. The number of benzene rings is 3. The molecule has 1 aliphatic rings. The van der Waals surface area contributed by atoms with Gasteiger partial charge >= 0.3 is 0 Å². The molecule has 2 N–H and O–H groups in total. The molecule has 5 heteroatoms. The molecule has 0 saturated heterocycles. The SMILES string of the molecule is O=C(C[C@@]1(O)C(=O)N(CC=Cc2ccccc2)c2ccccc21)c1ccccc1O. The Morgan fingerprint density at radius 1 is 0.933 bits per heavy atom. The Morgan fingerprint density at radius 2 is 1.60 bits per heavy atom. The molecule has 0 aliphatic carbocycles. The standard InChI is InChI=1S/C25H21NO4/c27-22-15-7-4-12-19(22)23(28)17-25(30)20-13-5-6-14-21(20)26(24(25)29)16-8-11-18-9-2-1-3-10-18/h1-15,27,30H,16-17H2/t25-/m0/s1. The van der Waals surface area contributed by atoms with Crippen molar-refractivity contribution in [3.63, 3.8) is 0 Å². The van der Waals surface area contributed by atoms with Gasteiger partial charge in [-0.15, -0.1) is 0 Å². The Balaban J connectivity index is 1.61. The number of amides is 1. The molecule has 0 bridgehead atoms. The van der Waals surface area contributed by atoms with E-state index in [-0.39, 0.29) is 17.9 Å². The maximum atomic E-state index is 13.2. The number of rotatable bonds is 6. The topological polar surface area (TPSA) is 77.8 Å². The molecule has 0 unspecified atom stereocenters. The summed E-state index contributed by atoms with van der Waals surface area (Å²) in [4.78, 5) is 27.5. The summed E-state index contributed by atoms with van der Waals surface area (Å²) in [6.45, 7) is 0.262. The van der Waals surface area contributed by atoms with E-state index in [4.69, 9.17) is 0 Å². The molecule has 0 fully saturated rings. The van der Waals surface area contributed by atoms with Crippen LogP contribution in [-0.4, -0.2) is 28.4 Å². The molecule has 0 saturated carbocycles. The van der Waals surface area contributed by atoms with Gasteiger partial charge in [-0.1, -0.05) is 72.8 Å². The number of carbonyl (C=O) groups excluding carboxylic acids is 2. The minimum absolute atomic E-state index is 0.0821. The highest BCUT2D eigenvalue weighted by Crippen LogP contribution is 2.43. The Kier molecular flexibility index (Phi) is 5.21. The van der Waals surface area contributed by atoms with Gasteiger partial charge in [0.15, 0.2) is 11.4 Å². The van der Waals surface area contributed by atoms with E-state index < -0.39 is 23.7 Å². The van der Waals surface area contributed by atoms with Crippen LogP contribution >= 0.6 is 0 Å². The lowest BCUT2D eigenvalue weighted by atomic mass is 9.88. The van der Waals surface area contributed by atoms with Crippen LogP contribution < -0.4 is 4.90 Å². The molecule has 1 aliphatic heterocycles. The van der Waals surface area contributed by atoms with Crippen molar-refractivity contribution in [1.82, 2.24) is 0 Å². The molecule has 0 aromatic heterocycles. The maximum absolute atomic E-state index is 13.2. The highest BCUT2D eigenvalue weighted by Gasteiger charge is 2.50. The summed E-state index contributed by atoms with van der Waals surface area (Å²) in [5, 5.41) is 21.3. The van der Waals surface area contributed by atoms with E-state index in [1.54, 1.807) is 36.4 Å². The second-order valence-corrected chi connectivity index (χ2v) is 7.22. The van der Waals surface area contributed by atoms with E-state index in [1.165, 1.54) is 17.0 Å². The van der Waals surface area contributed by atoms with E-state index in [0.717, 1.165) is 5.56 Å². The van der Waals surface area contributed by atoms with Crippen LogP contribution in [0.1, 0.15) is 27.9 Å². The van der Waals surface area contributed by atoms with Crippen LogP contribution in [0.4, 0.5) is 5.69 Å². The summed E-state index contributed by atoms with van der Waals surface area (Å²) in [5.41, 5.74) is 0.0806. The number of anilines is 1. The van der Waals surface area contributed by atoms with E-state index in [9.17, 15) is 19.8 Å². The smallest absolute Gasteiger partial charge is 0.264 e. The number of nitrogens with zero attached hydrogens (tertiary/aromatic N) is 1. The number of Topliss-reactive ketones (excluding diaryl/α,β-unsaturated/α-hetero) is 1. The first-order valence-corrected chi connectivity index (χ1v) is 9.67. The van der Waals surface area contributed by atoms with Gasteiger partial charge in [-0.05, 0) is 23.8 Å². The molecule has 4 rings (SSSR count). The molecule has 3 aromatic rings. The van der Waals surface area contributed by atoms with Gasteiger partial charge in [0, 0.05) is 12.1 Å². The Morgan fingerprint density at radius 3 is 2.37 bits per heavy atom. The predicted molar refractivity (Wildman–Crippen MR) is 115 cm³/mol. The summed E-state index contributed by atoms with van der Waals surface area (Å²) < 4.78 is 0. The molecule has 0 radical (unpaired) electrons.